The average Bonchev–Trinajstić information content (AvgIpc) is 2.90. The molecule has 0 aromatic heterocycles. The molecular formula is C15H29F3IN5. The number of nitrogens with one attached hydrogen (secondary N) is 2. The van der Waals surface area contributed by atoms with Crippen molar-refractivity contribution in [2.75, 3.05) is 53.4 Å². The number of aliphatic imine (C=N–C) groups is 1. The lowest BCUT2D eigenvalue weighted by atomic mass is 9.97. The normalized spacial score (nSPS) is 24.7. The maximum absolute atomic E-state index is 12.4. The second-order valence-electron chi connectivity index (χ2n) is 6.68. The SMILES string of the molecule is CN=C(NCC1CCN(C)CC1)NC1CCN(CC(F)(F)F)C1.I. The Morgan fingerprint density at radius 1 is 1.17 bits per heavy atom. The molecule has 0 saturated carbocycles. The molecule has 0 aliphatic carbocycles. The second kappa shape index (κ2) is 10.0. The van der Waals surface area contributed by atoms with Crippen LogP contribution in [0.1, 0.15) is 19.3 Å². The van der Waals surface area contributed by atoms with Gasteiger partial charge in [0.15, 0.2) is 5.96 Å². The van der Waals surface area contributed by atoms with E-state index in [1.807, 2.05) is 0 Å². The maximum Gasteiger partial charge on any atom is 0.401 e. The lowest BCUT2D eigenvalue weighted by molar-refractivity contribution is -0.143. The first kappa shape index (κ1) is 21.8. The lowest BCUT2D eigenvalue weighted by Gasteiger charge is -2.29. The second-order valence-corrected chi connectivity index (χ2v) is 6.68. The Bertz CT molecular complexity index is 397. The van der Waals surface area contributed by atoms with E-state index < -0.39 is 12.7 Å². The number of likely N-dealkylation sites (tertiary alicyclic amines) is 2. The summed E-state index contributed by atoms with van der Waals surface area (Å²) in [6.45, 7) is 3.16. The minimum absolute atomic E-state index is 0. The Hall–Kier alpha value is -0.290. The van der Waals surface area contributed by atoms with Crippen LogP contribution in [0.15, 0.2) is 4.99 Å². The van der Waals surface area contributed by atoms with Crippen molar-refractivity contribution in [2.24, 2.45) is 10.9 Å². The monoisotopic (exact) mass is 463 g/mol. The van der Waals surface area contributed by atoms with Crippen LogP contribution < -0.4 is 10.6 Å². The van der Waals surface area contributed by atoms with Crippen LogP contribution in [-0.2, 0) is 0 Å². The molecule has 2 N–H and O–H groups in total. The van der Waals surface area contributed by atoms with Gasteiger partial charge in [-0.25, -0.2) is 0 Å². The van der Waals surface area contributed by atoms with E-state index in [2.05, 4.69) is 27.6 Å². The highest BCUT2D eigenvalue weighted by Crippen LogP contribution is 2.20. The molecule has 0 bridgehead atoms. The Morgan fingerprint density at radius 3 is 2.42 bits per heavy atom. The molecule has 0 radical (unpaired) electrons. The highest BCUT2D eigenvalue weighted by molar-refractivity contribution is 14.0. The molecule has 9 heteroatoms. The molecule has 2 fully saturated rings. The van der Waals surface area contributed by atoms with E-state index >= 15 is 0 Å². The summed E-state index contributed by atoms with van der Waals surface area (Å²) in [5.74, 6) is 1.33. The lowest BCUT2D eigenvalue weighted by Crippen LogP contribution is -2.47. The summed E-state index contributed by atoms with van der Waals surface area (Å²) in [6, 6.07) is 0.0287. The maximum atomic E-state index is 12.4. The Labute approximate surface area is 159 Å². The third-order valence-electron chi connectivity index (χ3n) is 4.64. The molecular weight excluding hydrogens is 434 g/mol. The molecule has 2 rings (SSSR count). The Morgan fingerprint density at radius 2 is 1.83 bits per heavy atom. The van der Waals surface area contributed by atoms with Crippen molar-refractivity contribution in [1.29, 1.82) is 0 Å². The average molecular weight is 463 g/mol. The minimum Gasteiger partial charge on any atom is -0.356 e. The molecule has 1 atom stereocenters. The predicted molar refractivity (Wildman–Crippen MR) is 101 cm³/mol. The molecule has 5 nitrogen and oxygen atoms in total. The van der Waals surface area contributed by atoms with Crippen LogP contribution >= 0.6 is 24.0 Å². The van der Waals surface area contributed by atoms with E-state index in [9.17, 15) is 13.2 Å². The Kier molecular flexibility index (Phi) is 9.07. The summed E-state index contributed by atoms with van der Waals surface area (Å²) in [6.07, 6.45) is -1.07. The van der Waals surface area contributed by atoms with Gasteiger partial charge in [0, 0.05) is 32.7 Å². The zero-order valence-electron chi connectivity index (χ0n) is 14.4. The largest absolute Gasteiger partial charge is 0.401 e. The van der Waals surface area contributed by atoms with Gasteiger partial charge in [-0.05, 0) is 45.3 Å². The third-order valence-corrected chi connectivity index (χ3v) is 4.64. The molecule has 2 saturated heterocycles. The zero-order valence-corrected chi connectivity index (χ0v) is 16.7. The van der Waals surface area contributed by atoms with Gasteiger partial charge in [-0.1, -0.05) is 0 Å². The summed E-state index contributed by atoms with van der Waals surface area (Å²) in [7, 11) is 3.84. The number of hydrogen-bond donors (Lipinski definition) is 2. The number of halogens is 4. The summed E-state index contributed by atoms with van der Waals surface area (Å²) in [4.78, 5) is 7.97. The summed E-state index contributed by atoms with van der Waals surface area (Å²) in [5, 5.41) is 6.57. The van der Waals surface area contributed by atoms with Gasteiger partial charge in [-0.3, -0.25) is 9.89 Å². The highest BCUT2D eigenvalue weighted by Gasteiger charge is 2.34. The quantitative estimate of drug-likeness (QED) is 0.379. The smallest absolute Gasteiger partial charge is 0.356 e. The third kappa shape index (κ3) is 7.73. The van der Waals surface area contributed by atoms with Gasteiger partial charge in [0.05, 0.1) is 6.54 Å². The number of piperidine rings is 1. The predicted octanol–water partition coefficient (Wildman–Crippen LogP) is 1.75. The Balaban J connectivity index is 0.00000288. The van der Waals surface area contributed by atoms with Gasteiger partial charge in [0.25, 0.3) is 0 Å². The fourth-order valence-corrected chi connectivity index (χ4v) is 3.24. The van der Waals surface area contributed by atoms with E-state index in [1.54, 1.807) is 7.05 Å². The van der Waals surface area contributed by atoms with Gasteiger partial charge >= 0.3 is 6.18 Å². The van der Waals surface area contributed by atoms with Crippen molar-refractivity contribution >= 4 is 29.9 Å². The van der Waals surface area contributed by atoms with Crippen molar-refractivity contribution in [1.82, 2.24) is 20.4 Å². The van der Waals surface area contributed by atoms with Gasteiger partial charge in [-0.15, -0.1) is 24.0 Å². The van der Waals surface area contributed by atoms with Crippen LogP contribution in [0, 0.1) is 5.92 Å². The first-order chi connectivity index (χ1) is 10.9. The van der Waals surface area contributed by atoms with Crippen molar-refractivity contribution < 1.29 is 13.2 Å². The number of hydrogen-bond acceptors (Lipinski definition) is 3. The minimum atomic E-state index is -4.12. The number of alkyl halides is 3. The van der Waals surface area contributed by atoms with Crippen molar-refractivity contribution in [2.45, 2.75) is 31.5 Å². The zero-order chi connectivity index (χ0) is 16.9. The van der Waals surface area contributed by atoms with Crippen LogP contribution in [0.4, 0.5) is 13.2 Å². The van der Waals surface area contributed by atoms with E-state index in [-0.39, 0.29) is 30.0 Å². The molecule has 142 valence electrons. The van der Waals surface area contributed by atoms with E-state index in [0.717, 1.165) is 19.6 Å². The molecule has 24 heavy (non-hydrogen) atoms. The fourth-order valence-electron chi connectivity index (χ4n) is 3.24. The van der Waals surface area contributed by atoms with Gasteiger partial charge < -0.3 is 15.5 Å². The van der Waals surface area contributed by atoms with Crippen LogP contribution in [-0.4, -0.2) is 81.3 Å². The van der Waals surface area contributed by atoms with Crippen LogP contribution in [0.2, 0.25) is 0 Å². The fraction of sp³-hybridized carbons (Fsp3) is 0.933. The molecule has 2 aliphatic rings. The van der Waals surface area contributed by atoms with E-state index in [4.69, 9.17) is 0 Å². The molecule has 2 heterocycles. The summed E-state index contributed by atoms with van der Waals surface area (Å²) >= 11 is 0. The number of rotatable bonds is 4. The molecule has 0 amide bonds. The standard InChI is InChI=1S/C15H28F3N5.HI/c1-19-14(20-9-12-3-6-22(2)7-4-12)21-13-5-8-23(10-13)11-15(16,17)18;/h12-13H,3-11H2,1-2H3,(H2,19,20,21);1H. The highest BCUT2D eigenvalue weighted by atomic mass is 127. The van der Waals surface area contributed by atoms with E-state index in [1.165, 1.54) is 17.7 Å². The van der Waals surface area contributed by atoms with Gasteiger partial charge in [-0.2, -0.15) is 13.2 Å². The molecule has 0 spiro atoms. The molecule has 1 unspecified atom stereocenters. The van der Waals surface area contributed by atoms with Gasteiger partial charge in [0.2, 0.25) is 0 Å². The van der Waals surface area contributed by atoms with Crippen LogP contribution in [0.25, 0.3) is 0 Å². The number of nitrogens with zero attached hydrogens (tertiary/aromatic N) is 3. The first-order valence-corrected chi connectivity index (χ1v) is 8.30. The topological polar surface area (TPSA) is 42.9 Å². The molecule has 2 aliphatic heterocycles. The van der Waals surface area contributed by atoms with Crippen LogP contribution in [0.3, 0.4) is 0 Å². The first-order valence-electron chi connectivity index (χ1n) is 8.30. The van der Waals surface area contributed by atoms with Crippen molar-refractivity contribution in [3.05, 3.63) is 0 Å². The summed E-state index contributed by atoms with van der Waals surface area (Å²) in [5.41, 5.74) is 0. The van der Waals surface area contributed by atoms with Gasteiger partial charge in [0.1, 0.15) is 0 Å². The number of guanidine groups is 1. The molecule has 0 aromatic rings. The van der Waals surface area contributed by atoms with E-state index in [0.29, 0.717) is 31.4 Å². The van der Waals surface area contributed by atoms with Crippen molar-refractivity contribution in [3.8, 4) is 0 Å². The molecule has 0 aromatic carbocycles. The van der Waals surface area contributed by atoms with Crippen LogP contribution in [0.5, 0.6) is 0 Å². The van der Waals surface area contributed by atoms with Crippen molar-refractivity contribution in [3.63, 3.8) is 0 Å². The summed E-state index contributed by atoms with van der Waals surface area (Å²) < 4.78 is 37.2.